The monoisotopic (exact) mass is 288 g/mol. The summed E-state index contributed by atoms with van der Waals surface area (Å²) in [7, 11) is 0. The van der Waals surface area contributed by atoms with Gasteiger partial charge in [-0.15, -0.1) is 6.58 Å². The number of allylic oxidation sites excluding steroid dienone is 3. The molecule has 0 bridgehead atoms. The molecule has 1 saturated carbocycles. The lowest BCUT2D eigenvalue weighted by Gasteiger charge is -2.57. The van der Waals surface area contributed by atoms with Crippen LogP contribution in [0.4, 0.5) is 0 Å². The van der Waals surface area contributed by atoms with E-state index >= 15 is 0 Å². The summed E-state index contributed by atoms with van der Waals surface area (Å²) < 4.78 is 0. The Kier molecular flexibility index (Phi) is 3.64. The Morgan fingerprint density at radius 3 is 2.62 bits per heavy atom. The molecule has 0 amide bonds. The van der Waals surface area contributed by atoms with E-state index in [4.69, 9.17) is 0 Å². The van der Waals surface area contributed by atoms with E-state index in [2.05, 4.69) is 33.4 Å². The zero-order chi connectivity index (χ0) is 15.3. The fourth-order valence-corrected chi connectivity index (χ4v) is 5.89. The molecule has 1 fully saturated rings. The van der Waals surface area contributed by atoms with Crippen LogP contribution in [-0.2, 0) is 0 Å². The van der Waals surface area contributed by atoms with Gasteiger partial charge in [-0.25, -0.2) is 0 Å². The Labute approximate surface area is 130 Å². The topological polar surface area (TPSA) is 20.2 Å². The molecule has 0 heterocycles. The van der Waals surface area contributed by atoms with Crippen molar-refractivity contribution >= 4 is 0 Å². The lowest BCUT2D eigenvalue weighted by atomic mass is 9.47. The van der Waals surface area contributed by atoms with Gasteiger partial charge in [-0.1, -0.05) is 44.4 Å². The first-order valence-corrected chi connectivity index (χ1v) is 8.83. The Hall–Kier alpha value is -0.560. The molecular weight excluding hydrogens is 256 g/mol. The fraction of sp³-hybridized carbons (Fsp3) is 0.800. The van der Waals surface area contributed by atoms with Crippen LogP contribution in [0.1, 0.15) is 72.1 Å². The van der Waals surface area contributed by atoms with Gasteiger partial charge < -0.3 is 5.11 Å². The number of hydrogen-bond acceptors (Lipinski definition) is 1. The summed E-state index contributed by atoms with van der Waals surface area (Å²) in [6.45, 7) is 11.6. The van der Waals surface area contributed by atoms with Crippen molar-refractivity contribution in [3.05, 3.63) is 23.8 Å². The minimum Gasteiger partial charge on any atom is -0.396 e. The molecule has 0 radical (unpaired) electrons. The predicted octanol–water partition coefficient (Wildman–Crippen LogP) is 5.26. The maximum absolute atomic E-state index is 9.99. The zero-order valence-corrected chi connectivity index (χ0v) is 14.2. The SMILES string of the molecule is C=C[C@]1(C)CCC2=C(CC[C@@H]3[C@](C)(CO)CCC[C@@]23C)C1. The normalized spacial score (nSPS) is 46.8. The van der Waals surface area contributed by atoms with Crippen molar-refractivity contribution in [1.29, 1.82) is 0 Å². The van der Waals surface area contributed by atoms with E-state index in [1.165, 1.54) is 51.4 Å². The standard InChI is InChI=1S/C20H32O/c1-5-18(2)12-9-16-15(13-18)7-8-17-19(3,14-21)10-6-11-20(16,17)4/h5,17,21H,1,6-14H2,2-4H3/t17-,18-,19+,20+/m1/s1. The van der Waals surface area contributed by atoms with Gasteiger partial charge >= 0.3 is 0 Å². The molecule has 21 heavy (non-hydrogen) atoms. The van der Waals surface area contributed by atoms with Gasteiger partial charge in [0.2, 0.25) is 0 Å². The molecule has 3 aliphatic rings. The van der Waals surface area contributed by atoms with Gasteiger partial charge in [-0.2, -0.15) is 0 Å². The second-order valence-electron chi connectivity index (χ2n) is 8.79. The molecule has 0 aliphatic heterocycles. The summed E-state index contributed by atoms with van der Waals surface area (Å²) in [6, 6.07) is 0. The number of aliphatic hydroxyl groups excluding tert-OH is 1. The van der Waals surface area contributed by atoms with Gasteiger partial charge in [0.15, 0.2) is 0 Å². The van der Waals surface area contributed by atoms with Crippen LogP contribution >= 0.6 is 0 Å². The lowest BCUT2D eigenvalue weighted by molar-refractivity contribution is -0.0415. The molecular formula is C20H32O. The maximum atomic E-state index is 9.99. The Bertz CT molecular complexity index is 476. The number of fused-ring (bicyclic) bond motifs is 2. The Balaban J connectivity index is 1.98. The van der Waals surface area contributed by atoms with Gasteiger partial charge in [-0.05, 0) is 67.1 Å². The molecule has 0 spiro atoms. The number of hydrogen-bond donors (Lipinski definition) is 1. The highest BCUT2D eigenvalue weighted by atomic mass is 16.3. The second-order valence-corrected chi connectivity index (χ2v) is 8.79. The molecule has 0 aromatic carbocycles. The maximum Gasteiger partial charge on any atom is 0.0487 e. The average molecular weight is 288 g/mol. The molecule has 0 unspecified atom stereocenters. The first-order valence-electron chi connectivity index (χ1n) is 8.83. The molecule has 4 atom stereocenters. The summed E-state index contributed by atoms with van der Waals surface area (Å²) >= 11 is 0. The predicted molar refractivity (Wildman–Crippen MR) is 89.1 cm³/mol. The van der Waals surface area contributed by atoms with Crippen LogP contribution in [0.3, 0.4) is 0 Å². The van der Waals surface area contributed by atoms with Crippen molar-refractivity contribution in [2.24, 2.45) is 22.2 Å². The van der Waals surface area contributed by atoms with Crippen molar-refractivity contribution < 1.29 is 5.11 Å². The van der Waals surface area contributed by atoms with E-state index in [1.807, 2.05) is 0 Å². The van der Waals surface area contributed by atoms with E-state index in [0.717, 1.165) is 0 Å². The average Bonchev–Trinajstić information content (AvgIpc) is 2.46. The van der Waals surface area contributed by atoms with Gasteiger partial charge in [0.25, 0.3) is 0 Å². The van der Waals surface area contributed by atoms with Gasteiger partial charge in [0.1, 0.15) is 0 Å². The van der Waals surface area contributed by atoms with E-state index in [9.17, 15) is 5.11 Å². The van der Waals surface area contributed by atoms with E-state index in [-0.39, 0.29) is 5.41 Å². The van der Waals surface area contributed by atoms with Crippen LogP contribution < -0.4 is 0 Å². The van der Waals surface area contributed by atoms with Crippen LogP contribution in [-0.4, -0.2) is 11.7 Å². The molecule has 1 N–H and O–H groups in total. The smallest absolute Gasteiger partial charge is 0.0487 e. The van der Waals surface area contributed by atoms with Crippen molar-refractivity contribution in [2.45, 2.75) is 72.1 Å². The van der Waals surface area contributed by atoms with Crippen LogP contribution in [0.25, 0.3) is 0 Å². The highest BCUT2D eigenvalue weighted by molar-refractivity contribution is 5.32. The summed E-state index contributed by atoms with van der Waals surface area (Å²) in [6.07, 6.45) is 12.3. The third-order valence-electron chi connectivity index (χ3n) is 7.32. The molecule has 1 nitrogen and oxygen atoms in total. The van der Waals surface area contributed by atoms with Crippen molar-refractivity contribution in [3.8, 4) is 0 Å². The molecule has 3 aliphatic carbocycles. The Morgan fingerprint density at radius 1 is 1.19 bits per heavy atom. The summed E-state index contributed by atoms with van der Waals surface area (Å²) in [5.41, 5.74) is 4.33. The van der Waals surface area contributed by atoms with Crippen molar-refractivity contribution in [3.63, 3.8) is 0 Å². The molecule has 0 aromatic heterocycles. The van der Waals surface area contributed by atoms with Gasteiger partial charge in [0, 0.05) is 6.61 Å². The van der Waals surface area contributed by atoms with E-state index in [0.29, 0.717) is 23.4 Å². The van der Waals surface area contributed by atoms with E-state index in [1.54, 1.807) is 11.1 Å². The minimum absolute atomic E-state index is 0.144. The molecule has 118 valence electrons. The minimum atomic E-state index is 0.144. The first-order chi connectivity index (χ1) is 9.87. The zero-order valence-electron chi connectivity index (χ0n) is 14.2. The molecule has 3 rings (SSSR count). The molecule has 0 saturated heterocycles. The van der Waals surface area contributed by atoms with Crippen LogP contribution in [0, 0.1) is 22.2 Å². The van der Waals surface area contributed by atoms with Gasteiger partial charge in [-0.3, -0.25) is 0 Å². The van der Waals surface area contributed by atoms with E-state index < -0.39 is 0 Å². The van der Waals surface area contributed by atoms with Crippen LogP contribution in [0.5, 0.6) is 0 Å². The number of rotatable bonds is 2. The van der Waals surface area contributed by atoms with Crippen LogP contribution in [0.15, 0.2) is 23.8 Å². The summed E-state index contributed by atoms with van der Waals surface area (Å²) in [4.78, 5) is 0. The highest BCUT2D eigenvalue weighted by Gasteiger charge is 2.53. The number of aliphatic hydroxyl groups is 1. The fourth-order valence-electron chi connectivity index (χ4n) is 5.89. The second kappa shape index (κ2) is 4.98. The van der Waals surface area contributed by atoms with Crippen LogP contribution in [0.2, 0.25) is 0 Å². The quantitative estimate of drug-likeness (QED) is 0.687. The Morgan fingerprint density at radius 2 is 1.95 bits per heavy atom. The molecule has 0 aromatic rings. The highest BCUT2D eigenvalue weighted by Crippen LogP contribution is 2.62. The summed E-state index contributed by atoms with van der Waals surface area (Å²) in [5.74, 6) is 0.676. The summed E-state index contributed by atoms with van der Waals surface area (Å²) in [5, 5.41) is 9.99. The third kappa shape index (κ3) is 2.23. The largest absolute Gasteiger partial charge is 0.396 e. The molecule has 1 heteroatoms. The third-order valence-corrected chi connectivity index (χ3v) is 7.32. The first kappa shape index (κ1) is 15.3. The van der Waals surface area contributed by atoms with Crippen molar-refractivity contribution in [2.75, 3.05) is 6.61 Å². The van der Waals surface area contributed by atoms with Crippen molar-refractivity contribution in [1.82, 2.24) is 0 Å². The van der Waals surface area contributed by atoms with Gasteiger partial charge in [0.05, 0.1) is 0 Å². The lowest BCUT2D eigenvalue weighted by Crippen LogP contribution is -2.49.